The Morgan fingerprint density at radius 3 is 1.88 bits per heavy atom. The van der Waals surface area contributed by atoms with Gasteiger partial charge in [0.1, 0.15) is 11.4 Å². The molecule has 0 saturated carbocycles. The van der Waals surface area contributed by atoms with Crippen molar-refractivity contribution in [2.24, 2.45) is 14.1 Å². The standard InChI is InChI=1S/C18H22ClN5O3.C16H16ClN5O2/c1-3-27-18(26)24-11-5-4-10-23(24)16(25)12-15-20-17(21-22(15)2)13-6-8-14(19)9-7-13;1-20-14(18-13(19-20)10-4-6-11(17)7-5-10)12-15(23)21-8-2-3-9-22(21)16(12)24/h6-9H,3-5,10-12H2,1-2H3;4-7,23H,2-3,8-9H2,1H3. The molecule has 0 spiro atoms. The lowest BCUT2D eigenvalue weighted by Crippen LogP contribution is -2.53. The van der Waals surface area contributed by atoms with Crippen molar-refractivity contribution in [3.63, 3.8) is 0 Å². The van der Waals surface area contributed by atoms with Crippen molar-refractivity contribution in [1.82, 2.24) is 48.9 Å². The molecule has 1 N–H and O–H groups in total. The topological polar surface area (TPSA) is 158 Å². The van der Waals surface area contributed by atoms with Crippen molar-refractivity contribution in [2.75, 3.05) is 19.7 Å². The summed E-state index contributed by atoms with van der Waals surface area (Å²) < 4.78 is 11.4. The number of aromatic nitrogens is 8. The van der Waals surface area contributed by atoms with E-state index in [0.29, 0.717) is 59.5 Å². The highest BCUT2D eigenvalue weighted by atomic mass is 35.5. The van der Waals surface area contributed by atoms with Crippen molar-refractivity contribution >= 4 is 35.2 Å². The Bertz CT molecular complexity index is 2090. The monoisotopic (exact) mass is 736 g/mol. The zero-order chi connectivity index (χ0) is 36.2. The lowest BCUT2D eigenvalue weighted by molar-refractivity contribution is -0.148. The van der Waals surface area contributed by atoms with Gasteiger partial charge in [0, 0.05) is 61.4 Å². The number of fused-ring (bicyclic) bond motifs is 1. The van der Waals surface area contributed by atoms with Gasteiger partial charge < -0.3 is 9.84 Å². The zero-order valence-electron chi connectivity index (χ0n) is 28.5. The SMILES string of the molecule is CCOC(=O)N1CCCCN1C(=O)Cc1nc(-c2ccc(Cl)cc2)nn1C.Cn1nc(-c2ccc(Cl)cc2)nc1-c1c(O)n2n(c1=O)CCCC2. The van der Waals surface area contributed by atoms with E-state index in [2.05, 4.69) is 20.2 Å². The molecular formula is C34H38Cl2N10O5. The van der Waals surface area contributed by atoms with Crippen LogP contribution in [0.5, 0.6) is 5.88 Å². The number of benzene rings is 2. The van der Waals surface area contributed by atoms with Crippen LogP contribution in [0.4, 0.5) is 4.79 Å². The average molecular weight is 738 g/mol. The van der Waals surface area contributed by atoms with Crippen LogP contribution in [0.3, 0.4) is 0 Å². The molecule has 1 fully saturated rings. The number of amides is 2. The van der Waals surface area contributed by atoms with Crippen molar-refractivity contribution in [3.8, 4) is 40.0 Å². The number of carbonyl (C=O) groups excluding carboxylic acids is 2. The molecule has 0 radical (unpaired) electrons. The van der Waals surface area contributed by atoms with Gasteiger partial charge in [-0.1, -0.05) is 23.2 Å². The first-order chi connectivity index (χ1) is 24.5. The van der Waals surface area contributed by atoms with Crippen LogP contribution in [-0.4, -0.2) is 85.7 Å². The van der Waals surface area contributed by atoms with E-state index >= 15 is 0 Å². The predicted molar refractivity (Wildman–Crippen MR) is 190 cm³/mol. The second kappa shape index (κ2) is 15.4. The van der Waals surface area contributed by atoms with E-state index in [-0.39, 0.29) is 35.9 Å². The van der Waals surface area contributed by atoms with Crippen LogP contribution in [0.25, 0.3) is 34.2 Å². The predicted octanol–water partition coefficient (Wildman–Crippen LogP) is 4.94. The third-order valence-electron chi connectivity index (χ3n) is 8.60. The molecule has 0 aliphatic carbocycles. The second-order valence-electron chi connectivity index (χ2n) is 12.1. The lowest BCUT2D eigenvalue weighted by Gasteiger charge is -2.37. The summed E-state index contributed by atoms with van der Waals surface area (Å²) in [6.45, 7) is 4.20. The van der Waals surface area contributed by atoms with Gasteiger partial charge in [-0.05, 0) is 81.1 Å². The number of aryl methyl sites for hydroxylation is 2. The summed E-state index contributed by atoms with van der Waals surface area (Å²) in [5.74, 6) is 1.64. The summed E-state index contributed by atoms with van der Waals surface area (Å²) in [5, 5.41) is 23.3. The van der Waals surface area contributed by atoms with E-state index in [1.807, 2.05) is 24.3 Å². The molecule has 17 heteroatoms. The maximum absolute atomic E-state index is 12.8. The molecule has 15 nitrogen and oxygen atoms in total. The van der Waals surface area contributed by atoms with Gasteiger partial charge >= 0.3 is 6.09 Å². The largest absolute Gasteiger partial charge is 0.493 e. The number of hydrazine groups is 1. The Kier molecular flexibility index (Phi) is 10.8. The van der Waals surface area contributed by atoms with Gasteiger partial charge in [-0.25, -0.2) is 34.1 Å². The smallest absolute Gasteiger partial charge is 0.428 e. The molecule has 1 saturated heterocycles. The van der Waals surface area contributed by atoms with Crippen molar-refractivity contribution in [3.05, 3.63) is 74.8 Å². The highest BCUT2D eigenvalue weighted by Crippen LogP contribution is 2.29. The zero-order valence-corrected chi connectivity index (χ0v) is 30.0. The van der Waals surface area contributed by atoms with E-state index in [4.69, 9.17) is 27.9 Å². The Morgan fingerprint density at radius 2 is 1.29 bits per heavy atom. The van der Waals surface area contributed by atoms with E-state index in [9.17, 15) is 19.5 Å². The van der Waals surface area contributed by atoms with Gasteiger partial charge in [-0.3, -0.25) is 19.0 Å². The van der Waals surface area contributed by atoms with Gasteiger partial charge in [0.2, 0.25) is 11.8 Å². The summed E-state index contributed by atoms with van der Waals surface area (Å²) in [5.41, 5.74) is 1.59. The number of aromatic hydroxyl groups is 1. The van der Waals surface area contributed by atoms with Crippen molar-refractivity contribution in [2.45, 2.75) is 52.1 Å². The van der Waals surface area contributed by atoms with Crippen LogP contribution in [0.1, 0.15) is 38.4 Å². The summed E-state index contributed by atoms with van der Waals surface area (Å²) in [7, 11) is 3.45. The van der Waals surface area contributed by atoms with E-state index in [1.54, 1.807) is 59.3 Å². The molecule has 268 valence electrons. The molecule has 0 atom stereocenters. The summed E-state index contributed by atoms with van der Waals surface area (Å²) >= 11 is 11.8. The lowest BCUT2D eigenvalue weighted by atomic mass is 10.2. The highest BCUT2D eigenvalue weighted by Gasteiger charge is 2.31. The molecule has 0 unspecified atom stereocenters. The van der Waals surface area contributed by atoms with Crippen LogP contribution in [0.15, 0.2) is 53.3 Å². The van der Waals surface area contributed by atoms with E-state index < -0.39 is 6.09 Å². The van der Waals surface area contributed by atoms with Gasteiger partial charge in [0.15, 0.2) is 17.5 Å². The van der Waals surface area contributed by atoms with Gasteiger partial charge in [0.05, 0.1) is 13.0 Å². The first-order valence-corrected chi connectivity index (χ1v) is 17.4. The van der Waals surface area contributed by atoms with Crippen LogP contribution in [0, 0.1) is 0 Å². The average Bonchev–Trinajstić information content (AvgIpc) is 3.77. The van der Waals surface area contributed by atoms with Crippen LogP contribution < -0.4 is 5.56 Å². The number of rotatable bonds is 6. The minimum atomic E-state index is -0.495. The minimum Gasteiger partial charge on any atom is -0.493 e. The van der Waals surface area contributed by atoms with Crippen LogP contribution >= 0.6 is 23.2 Å². The van der Waals surface area contributed by atoms with E-state index in [0.717, 1.165) is 36.8 Å². The van der Waals surface area contributed by atoms with Gasteiger partial charge in [-0.15, -0.1) is 0 Å². The summed E-state index contributed by atoms with van der Waals surface area (Å²) in [6.07, 6.45) is 3.11. The molecule has 2 amide bonds. The summed E-state index contributed by atoms with van der Waals surface area (Å²) in [6, 6.07) is 14.4. The molecule has 3 aromatic heterocycles. The number of carbonyl (C=O) groups is 2. The first-order valence-electron chi connectivity index (χ1n) is 16.7. The third-order valence-corrected chi connectivity index (χ3v) is 9.10. The fraction of sp³-hybridized carbons (Fsp3) is 0.382. The Balaban J connectivity index is 0.000000177. The Labute approximate surface area is 303 Å². The first kappa shape index (κ1) is 35.7. The number of hydrogen-bond acceptors (Lipinski definition) is 9. The highest BCUT2D eigenvalue weighted by molar-refractivity contribution is 6.30. The Morgan fingerprint density at radius 1 is 0.765 bits per heavy atom. The molecule has 7 rings (SSSR count). The normalized spacial score (nSPS) is 14.1. The van der Waals surface area contributed by atoms with Gasteiger partial charge in [-0.2, -0.15) is 10.2 Å². The minimum absolute atomic E-state index is 0.0437. The molecule has 5 heterocycles. The molecule has 2 aliphatic heterocycles. The molecule has 51 heavy (non-hydrogen) atoms. The summed E-state index contributed by atoms with van der Waals surface area (Å²) in [4.78, 5) is 46.5. The quantitative estimate of drug-likeness (QED) is 0.255. The Hall–Kier alpha value is -5.15. The molecule has 0 bridgehead atoms. The van der Waals surface area contributed by atoms with Crippen molar-refractivity contribution in [1.29, 1.82) is 0 Å². The fourth-order valence-electron chi connectivity index (χ4n) is 6.00. The molecular weight excluding hydrogens is 699 g/mol. The third kappa shape index (κ3) is 7.64. The van der Waals surface area contributed by atoms with Crippen LogP contribution in [0.2, 0.25) is 10.0 Å². The van der Waals surface area contributed by atoms with Crippen molar-refractivity contribution < 1.29 is 19.4 Å². The number of nitrogens with zero attached hydrogens (tertiary/aromatic N) is 10. The number of ether oxygens (including phenoxy) is 1. The van der Waals surface area contributed by atoms with Gasteiger partial charge in [0.25, 0.3) is 5.56 Å². The molecule has 2 aromatic carbocycles. The number of halogens is 2. The van der Waals surface area contributed by atoms with Crippen LogP contribution in [-0.2, 0) is 43.1 Å². The maximum atomic E-state index is 12.8. The number of hydrogen-bond donors (Lipinski definition) is 1. The molecule has 5 aromatic rings. The maximum Gasteiger partial charge on any atom is 0.428 e. The van der Waals surface area contributed by atoms with E-state index in [1.165, 1.54) is 14.7 Å². The second-order valence-corrected chi connectivity index (χ2v) is 12.9. The molecule has 2 aliphatic rings. The fourth-order valence-corrected chi connectivity index (χ4v) is 6.25.